The Morgan fingerprint density at radius 3 is 2.70 bits per heavy atom. The van der Waals surface area contributed by atoms with Crippen LogP contribution in [0.3, 0.4) is 0 Å². The van der Waals surface area contributed by atoms with Gasteiger partial charge in [-0.1, -0.05) is 25.4 Å². The molecule has 1 amide bonds. The number of aromatic nitrogens is 2. The lowest BCUT2D eigenvalue weighted by molar-refractivity contribution is 0.0882. The first-order valence-corrected chi connectivity index (χ1v) is 7.41. The molecule has 23 heavy (non-hydrogen) atoms. The molecule has 0 aliphatic rings. The van der Waals surface area contributed by atoms with E-state index in [4.69, 9.17) is 13.4 Å². The largest absolute Gasteiger partial charge is 0.461 e. The SMILES string of the molecule is CC[C@@H](C)[C@H](NC(=O)c1ccco1)c1nc(-c2ccco2)no1. The number of rotatable bonds is 6. The molecule has 0 unspecified atom stereocenters. The fourth-order valence-corrected chi connectivity index (χ4v) is 2.17. The maximum absolute atomic E-state index is 12.2. The number of carbonyl (C=O) groups excluding carboxylic acids is 1. The van der Waals surface area contributed by atoms with E-state index in [0.717, 1.165) is 6.42 Å². The molecule has 0 aliphatic heterocycles. The van der Waals surface area contributed by atoms with E-state index in [9.17, 15) is 4.79 Å². The van der Waals surface area contributed by atoms with Crippen LogP contribution in [0.4, 0.5) is 0 Å². The molecule has 3 rings (SSSR count). The van der Waals surface area contributed by atoms with Crippen molar-refractivity contribution in [1.29, 1.82) is 0 Å². The zero-order valence-corrected chi connectivity index (χ0v) is 12.9. The summed E-state index contributed by atoms with van der Waals surface area (Å²) in [7, 11) is 0. The standard InChI is InChI=1S/C16H17N3O4/c1-3-10(2)13(17-15(20)12-7-5-9-22-12)16-18-14(19-23-16)11-6-4-8-21-11/h4-10,13H,3H2,1-2H3,(H,17,20)/t10-,13+/m1/s1. The van der Waals surface area contributed by atoms with E-state index >= 15 is 0 Å². The van der Waals surface area contributed by atoms with Crippen molar-refractivity contribution >= 4 is 5.91 Å². The maximum Gasteiger partial charge on any atom is 0.287 e. The monoisotopic (exact) mass is 315 g/mol. The highest BCUT2D eigenvalue weighted by atomic mass is 16.5. The fourth-order valence-electron chi connectivity index (χ4n) is 2.17. The van der Waals surface area contributed by atoms with Crippen LogP contribution in [0.15, 0.2) is 50.1 Å². The third kappa shape index (κ3) is 3.18. The van der Waals surface area contributed by atoms with Gasteiger partial charge in [0.05, 0.1) is 12.5 Å². The zero-order valence-electron chi connectivity index (χ0n) is 12.9. The van der Waals surface area contributed by atoms with Gasteiger partial charge < -0.3 is 18.7 Å². The number of hydrogen-bond donors (Lipinski definition) is 1. The molecule has 0 saturated heterocycles. The van der Waals surface area contributed by atoms with Crippen LogP contribution in [-0.4, -0.2) is 16.0 Å². The number of nitrogens with one attached hydrogen (secondary N) is 1. The van der Waals surface area contributed by atoms with Crippen LogP contribution in [0.2, 0.25) is 0 Å². The van der Waals surface area contributed by atoms with Gasteiger partial charge in [0.25, 0.3) is 5.91 Å². The molecule has 1 N–H and O–H groups in total. The highest BCUT2D eigenvalue weighted by Crippen LogP contribution is 2.26. The Labute approximate surface area is 132 Å². The normalized spacial score (nSPS) is 13.7. The summed E-state index contributed by atoms with van der Waals surface area (Å²) >= 11 is 0. The molecule has 7 heteroatoms. The molecule has 0 aromatic carbocycles. The quantitative estimate of drug-likeness (QED) is 0.748. The van der Waals surface area contributed by atoms with Crippen LogP contribution in [0.5, 0.6) is 0 Å². The van der Waals surface area contributed by atoms with Crippen molar-refractivity contribution in [3.63, 3.8) is 0 Å². The van der Waals surface area contributed by atoms with E-state index in [1.54, 1.807) is 24.3 Å². The molecule has 0 bridgehead atoms. The van der Waals surface area contributed by atoms with E-state index in [0.29, 0.717) is 17.5 Å². The van der Waals surface area contributed by atoms with Crippen LogP contribution in [0.25, 0.3) is 11.6 Å². The van der Waals surface area contributed by atoms with Crippen molar-refractivity contribution in [3.8, 4) is 11.6 Å². The van der Waals surface area contributed by atoms with Gasteiger partial charge >= 0.3 is 0 Å². The number of hydrogen-bond acceptors (Lipinski definition) is 6. The van der Waals surface area contributed by atoms with Crippen molar-refractivity contribution in [2.45, 2.75) is 26.3 Å². The Morgan fingerprint density at radius 1 is 1.26 bits per heavy atom. The van der Waals surface area contributed by atoms with E-state index in [2.05, 4.69) is 15.5 Å². The highest BCUT2D eigenvalue weighted by molar-refractivity contribution is 5.91. The second kappa shape index (κ2) is 6.51. The third-order valence-electron chi connectivity index (χ3n) is 3.69. The average molecular weight is 315 g/mol. The minimum absolute atomic E-state index is 0.110. The van der Waals surface area contributed by atoms with E-state index < -0.39 is 6.04 Å². The van der Waals surface area contributed by atoms with Crippen molar-refractivity contribution < 1.29 is 18.2 Å². The Hall–Kier alpha value is -2.83. The second-order valence-electron chi connectivity index (χ2n) is 5.25. The Bertz CT molecular complexity index is 746. The van der Waals surface area contributed by atoms with Crippen molar-refractivity contribution in [1.82, 2.24) is 15.5 Å². The molecule has 0 fully saturated rings. The summed E-state index contributed by atoms with van der Waals surface area (Å²) in [6.45, 7) is 4.03. The van der Waals surface area contributed by atoms with Gasteiger partial charge in [-0.2, -0.15) is 4.98 Å². The lowest BCUT2D eigenvalue weighted by atomic mass is 9.99. The van der Waals surface area contributed by atoms with Gasteiger partial charge in [0.1, 0.15) is 6.04 Å². The first-order chi connectivity index (χ1) is 11.2. The summed E-state index contributed by atoms with van der Waals surface area (Å²) in [4.78, 5) is 16.6. The van der Waals surface area contributed by atoms with Crippen molar-refractivity contribution in [2.24, 2.45) is 5.92 Å². The molecule has 3 aromatic rings. The van der Waals surface area contributed by atoms with Crippen molar-refractivity contribution in [2.75, 3.05) is 0 Å². The topological polar surface area (TPSA) is 94.3 Å². The predicted octanol–water partition coefficient (Wildman–Crippen LogP) is 3.44. The summed E-state index contributed by atoms with van der Waals surface area (Å²) in [5.41, 5.74) is 0. The summed E-state index contributed by atoms with van der Waals surface area (Å²) < 4.78 is 15.7. The molecule has 0 saturated carbocycles. The van der Waals surface area contributed by atoms with Crippen molar-refractivity contribution in [3.05, 3.63) is 48.4 Å². The predicted molar refractivity (Wildman–Crippen MR) is 80.4 cm³/mol. The summed E-state index contributed by atoms with van der Waals surface area (Å²) in [5.74, 6) is 1.23. The Balaban J connectivity index is 1.83. The van der Waals surface area contributed by atoms with Gasteiger partial charge in [-0.05, 0) is 30.2 Å². The van der Waals surface area contributed by atoms with Gasteiger partial charge in [-0.25, -0.2) is 0 Å². The summed E-state index contributed by atoms with van der Waals surface area (Å²) in [6.07, 6.45) is 3.83. The number of amides is 1. The first-order valence-electron chi connectivity index (χ1n) is 7.41. The van der Waals surface area contributed by atoms with Crippen LogP contribution >= 0.6 is 0 Å². The Morgan fingerprint density at radius 2 is 2.04 bits per heavy atom. The third-order valence-corrected chi connectivity index (χ3v) is 3.69. The molecule has 3 aromatic heterocycles. The van der Waals surface area contributed by atoms with Crippen LogP contribution in [0, 0.1) is 5.92 Å². The number of carbonyl (C=O) groups is 1. The fraction of sp³-hybridized carbons (Fsp3) is 0.312. The maximum atomic E-state index is 12.2. The van der Waals surface area contributed by atoms with E-state index in [1.165, 1.54) is 12.5 Å². The molecule has 0 radical (unpaired) electrons. The van der Waals surface area contributed by atoms with Gasteiger partial charge in [-0.3, -0.25) is 4.79 Å². The molecule has 2 atom stereocenters. The minimum Gasteiger partial charge on any atom is -0.461 e. The molecule has 120 valence electrons. The van der Waals surface area contributed by atoms with Crippen LogP contribution < -0.4 is 5.32 Å². The summed E-state index contributed by atoms with van der Waals surface area (Å²) in [6, 6.07) is 6.35. The molecular formula is C16H17N3O4. The van der Waals surface area contributed by atoms with Gasteiger partial charge in [0, 0.05) is 0 Å². The number of furan rings is 2. The first kappa shape index (κ1) is 15.1. The second-order valence-corrected chi connectivity index (χ2v) is 5.25. The molecular weight excluding hydrogens is 298 g/mol. The lowest BCUT2D eigenvalue weighted by Gasteiger charge is -2.20. The average Bonchev–Trinajstić information content (AvgIpc) is 3.32. The van der Waals surface area contributed by atoms with Gasteiger partial charge in [-0.15, -0.1) is 0 Å². The van der Waals surface area contributed by atoms with E-state index in [1.807, 2.05) is 13.8 Å². The highest BCUT2D eigenvalue weighted by Gasteiger charge is 2.28. The molecule has 0 spiro atoms. The Kier molecular flexibility index (Phi) is 4.27. The number of nitrogens with zero attached hydrogens (tertiary/aromatic N) is 2. The van der Waals surface area contributed by atoms with Gasteiger partial charge in [0.2, 0.25) is 11.7 Å². The molecule has 7 nitrogen and oxygen atoms in total. The summed E-state index contributed by atoms with van der Waals surface area (Å²) in [5, 5.41) is 6.80. The molecule has 0 aliphatic carbocycles. The van der Waals surface area contributed by atoms with Crippen LogP contribution in [-0.2, 0) is 0 Å². The van der Waals surface area contributed by atoms with Gasteiger partial charge in [0.15, 0.2) is 11.5 Å². The van der Waals surface area contributed by atoms with E-state index in [-0.39, 0.29) is 17.6 Å². The van der Waals surface area contributed by atoms with Crippen LogP contribution in [0.1, 0.15) is 42.8 Å². The zero-order chi connectivity index (χ0) is 16.2. The minimum atomic E-state index is -0.409. The smallest absolute Gasteiger partial charge is 0.287 e. The molecule has 3 heterocycles. The lowest BCUT2D eigenvalue weighted by Crippen LogP contribution is -2.32.